The molecule has 0 bridgehead atoms. The van der Waals surface area contributed by atoms with Crippen molar-refractivity contribution in [3.63, 3.8) is 0 Å². The first-order valence-corrected chi connectivity index (χ1v) is 9.34. The second-order valence-corrected chi connectivity index (χ2v) is 7.13. The fourth-order valence-electron chi connectivity index (χ4n) is 3.90. The summed E-state index contributed by atoms with van der Waals surface area (Å²) < 4.78 is 1.81. The van der Waals surface area contributed by atoms with Gasteiger partial charge in [-0.25, -0.2) is 0 Å². The highest BCUT2D eigenvalue weighted by Gasteiger charge is 2.24. The lowest BCUT2D eigenvalue weighted by Gasteiger charge is -2.27. The van der Waals surface area contributed by atoms with Crippen molar-refractivity contribution in [2.75, 3.05) is 13.2 Å². The van der Waals surface area contributed by atoms with Crippen molar-refractivity contribution in [2.45, 2.75) is 57.7 Å². The molecule has 140 valence electrons. The number of aromatic nitrogens is 4. The first-order valence-electron chi connectivity index (χ1n) is 9.34. The van der Waals surface area contributed by atoms with Crippen molar-refractivity contribution in [1.29, 1.82) is 0 Å². The molecule has 0 unspecified atom stereocenters. The summed E-state index contributed by atoms with van der Waals surface area (Å²) in [5.41, 5.74) is 4.96. The van der Waals surface area contributed by atoms with E-state index in [0.717, 1.165) is 24.2 Å². The lowest BCUT2D eigenvalue weighted by atomic mass is 9.94. The molecule has 0 aromatic carbocycles. The predicted molar refractivity (Wildman–Crippen MR) is 93.2 cm³/mol. The second-order valence-electron chi connectivity index (χ2n) is 7.13. The Hall–Kier alpha value is -2.19. The summed E-state index contributed by atoms with van der Waals surface area (Å²) in [6.45, 7) is 1.35. The molecule has 2 aromatic rings. The number of aryl methyl sites for hydroxylation is 2. The highest BCUT2D eigenvalue weighted by molar-refractivity contribution is 5.76. The molecule has 0 saturated heterocycles. The number of nitrogens with one attached hydrogen (secondary N) is 1. The molecule has 1 atom stereocenters. The number of fused-ring (bicyclic) bond motifs is 2. The quantitative estimate of drug-likeness (QED) is 0.720. The van der Waals surface area contributed by atoms with Crippen LogP contribution in [0.5, 0.6) is 0 Å². The normalized spacial score (nSPS) is 17.7. The summed E-state index contributed by atoms with van der Waals surface area (Å²) in [4.78, 5) is 14.5. The van der Waals surface area contributed by atoms with E-state index in [1.165, 1.54) is 24.1 Å². The summed E-state index contributed by atoms with van der Waals surface area (Å²) in [6, 6.07) is 1.77. The fraction of sp³-hybridized carbons (Fsp3) is 0.611. The van der Waals surface area contributed by atoms with Gasteiger partial charge < -0.3 is 15.1 Å². The van der Waals surface area contributed by atoms with Gasteiger partial charge in [-0.3, -0.25) is 14.6 Å². The molecule has 4 rings (SSSR count). The van der Waals surface area contributed by atoms with Crippen LogP contribution in [0.25, 0.3) is 0 Å². The van der Waals surface area contributed by atoms with Crippen LogP contribution in [-0.4, -0.2) is 54.1 Å². The summed E-state index contributed by atoms with van der Waals surface area (Å²) in [5, 5.41) is 30.6. The van der Waals surface area contributed by atoms with Gasteiger partial charge in [-0.1, -0.05) is 0 Å². The zero-order valence-corrected chi connectivity index (χ0v) is 14.8. The van der Waals surface area contributed by atoms with Gasteiger partial charge in [0.1, 0.15) is 6.10 Å². The lowest BCUT2D eigenvalue weighted by molar-refractivity contribution is -0.132. The molecule has 0 fully saturated rings. The van der Waals surface area contributed by atoms with Crippen LogP contribution in [0.3, 0.4) is 0 Å². The first-order chi connectivity index (χ1) is 12.7. The van der Waals surface area contributed by atoms with Crippen LogP contribution in [0.1, 0.15) is 53.7 Å². The first kappa shape index (κ1) is 17.2. The molecule has 1 amide bonds. The number of rotatable bonds is 5. The van der Waals surface area contributed by atoms with E-state index in [4.69, 9.17) is 5.11 Å². The van der Waals surface area contributed by atoms with E-state index in [1.807, 2.05) is 9.58 Å². The minimum atomic E-state index is -0.969. The number of H-pyrrole nitrogens is 1. The maximum atomic E-state index is 12.6. The standard InChI is InChI=1S/C18H25N5O3/c24-11-17(25)16-9-12-10-22(7-8-23(12)21-16)18(26)6-5-15-13-3-1-2-4-14(13)19-20-15/h9,17,24-25H,1-8,10-11H2,(H,19,20)/t17-/m1/s1. The van der Waals surface area contributed by atoms with Crippen LogP contribution >= 0.6 is 0 Å². The number of carbonyl (C=O) groups excluding carboxylic acids is 1. The Bertz CT molecular complexity index is 797. The van der Waals surface area contributed by atoms with Gasteiger partial charge in [0.05, 0.1) is 36.8 Å². The smallest absolute Gasteiger partial charge is 0.223 e. The molecule has 0 radical (unpaired) electrons. The van der Waals surface area contributed by atoms with E-state index in [-0.39, 0.29) is 12.5 Å². The third-order valence-electron chi connectivity index (χ3n) is 5.40. The summed E-state index contributed by atoms with van der Waals surface area (Å²) in [7, 11) is 0. The van der Waals surface area contributed by atoms with Gasteiger partial charge in [0.15, 0.2) is 0 Å². The van der Waals surface area contributed by atoms with Gasteiger partial charge in [-0.15, -0.1) is 0 Å². The van der Waals surface area contributed by atoms with Crippen molar-refractivity contribution < 1.29 is 15.0 Å². The van der Waals surface area contributed by atoms with E-state index in [0.29, 0.717) is 38.2 Å². The number of hydrogen-bond acceptors (Lipinski definition) is 5. The highest BCUT2D eigenvalue weighted by atomic mass is 16.3. The van der Waals surface area contributed by atoms with Gasteiger partial charge in [0.25, 0.3) is 0 Å². The van der Waals surface area contributed by atoms with Crippen molar-refractivity contribution >= 4 is 5.91 Å². The Balaban J connectivity index is 1.37. The van der Waals surface area contributed by atoms with E-state index in [9.17, 15) is 9.90 Å². The SMILES string of the molecule is O=C(CCc1n[nH]c2c1CCCC2)N1CCn2nc([C@H](O)CO)cc2C1. The van der Waals surface area contributed by atoms with Crippen molar-refractivity contribution in [1.82, 2.24) is 24.9 Å². The van der Waals surface area contributed by atoms with E-state index >= 15 is 0 Å². The Kier molecular flexibility index (Phi) is 4.78. The fourth-order valence-corrected chi connectivity index (χ4v) is 3.90. The van der Waals surface area contributed by atoms with Crippen LogP contribution in [0, 0.1) is 0 Å². The zero-order valence-electron chi connectivity index (χ0n) is 14.8. The molecule has 8 heteroatoms. The number of nitrogens with zero attached hydrogens (tertiary/aromatic N) is 4. The number of aliphatic hydroxyl groups excluding tert-OH is 2. The molecule has 0 saturated carbocycles. The maximum absolute atomic E-state index is 12.6. The number of aliphatic hydroxyl groups is 2. The van der Waals surface area contributed by atoms with Crippen LogP contribution in [0.15, 0.2) is 6.07 Å². The minimum absolute atomic E-state index is 0.120. The molecule has 3 N–H and O–H groups in total. The summed E-state index contributed by atoms with van der Waals surface area (Å²) in [5.74, 6) is 0.120. The number of amides is 1. The van der Waals surface area contributed by atoms with Crippen molar-refractivity contribution in [3.05, 3.63) is 34.4 Å². The lowest BCUT2D eigenvalue weighted by Crippen LogP contribution is -2.38. The molecular weight excluding hydrogens is 334 g/mol. The maximum Gasteiger partial charge on any atom is 0.223 e. The van der Waals surface area contributed by atoms with Crippen LogP contribution in [0.2, 0.25) is 0 Å². The largest absolute Gasteiger partial charge is 0.393 e. The zero-order chi connectivity index (χ0) is 18.1. The molecule has 2 aromatic heterocycles. The van der Waals surface area contributed by atoms with Gasteiger partial charge in [0, 0.05) is 25.1 Å². The number of hydrogen-bond donors (Lipinski definition) is 3. The Morgan fingerprint density at radius 2 is 2.15 bits per heavy atom. The number of carbonyl (C=O) groups is 1. The molecule has 2 aliphatic rings. The Morgan fingerprint density at radius 1 is 1.31 bits per heavy atom. The van der Waals surface area contributed by atoms with Gasteiger partial charge >= 0.3 is 0 Å². The van der Waals surface area contributed by atoms with E-state index < -0.39 is 6.10 Å². The molecule has 3 heterocycles. The molecule has 26 heavy (non-hydrogen) atoms. The average Bonchev–Trinajstić information content (AvgIpc) is 3.28. The van der Waals surface area contributed by atoms with Crippen molar-refractivity contribution in [2.24, 2.45) is 0 Å². The monoisotopic (exact) mass is 359 g/mol. The van der Waals surface area contributed by atoms with Crippen LogP contribution < -0.4 is 0 Å². The van der Waals surface area contributed by atoms with Gasteiger partial charge in [-0.2, -0.15) is 10.2 Å². The van der Waals surface area contributed by atoms with Crippen LogP contribution in [-0.2, 0) is 37.1 Å². The second kappa shape index (κ2) is 7.20. The Labute approximate surface area is 151 Å². The van der Waals surface area contributed by atoms with E-state index in [1.54, 1.807) is 6.07 Å². The topological polar surface area (TPSA) is 107 Å². The third kappa shape index (κ3) is 3.26. The molecule has 0 spiro atoms. The molecule has 1 aliphatic carbocycles. The van der Waals surface area contributed by atoms with Crippen LogP contribution in [0.4, 0.5) is 0 Å². The number of aromatic amines is 1. The molecular formula is C18H25N5O3. The summed E-state index contributed by atoms with van der Waals surface area (Å²) >= 11 is 0. The molecule has 1 aliphatic heterocycles. The third-order valence-corrected chi connectivity index (χ3v) is 5.40. The Morgan fingerprint density at radius 3 is 3.00 bits per heavy atom. The minimum Gasteiger partial charge on any atom is -0.393 e. The highest BCUT2D eigenvalue weighted by Crippen LogP contribution is 2.24. The van der Waals surface area contributed by atoms with Gasteiger partial charge in [0.2, 0.25) is 5.91 Å². The van der Waals surface area contributed by atoms with Crippen molar-refractivity contribution in [3.8, 4) is 0 Å². The average molecular weight is 359 g/mol. The van der Waals surface area contributed by atoms with Gasteiger partial charge in [-0.05, 0) is 37.3 Å². The van der Waals surface area contributed by atoms with E-state index in [2.05, 4.69) is 15.3 Å². The molecule has 8 nitrogen and oxygen atoms in total. The predicted octanol–water partition coefficient (Wildman–Crippen LogP) is 0.486. The summed E-state index contributed by atoms with van der Waals surface area (Å²) in [6.07, 6.45) is 4.70.